The topological polar surface area (TPSA) is 106 Å². The van der Waals surface area contributed by atoms with Crippen molar-refractivity contribution in [2.24, 2.45) is 0 Å². The summed E-state index contributed by atoms with van der Waals surface area (Å²) in [5.41, 5.74) is 3.26. The number of methoxy groups -OCH3 is 1. The van der Waals surface area contributed by atoms with Crippen LogP contribution in [0.5, 0.6) is 23.0 Å². The summed E-state index contributed by atoms with van der Waals surface area (Å²) in [6.07, 6.45) is 0.624. The quantitative estimate of drug-likeness (QED) is 0.305. The molecular formula is C33H40N2O6. The highest BCUT2D eigenvalue weighted by molar-refractivity contribution is 5.98. The van der Waals surface area contributed by atoms with Crippen LogP contribution in [0.2, 0.25) is 0 Å². The van der Waals surface area contributed by atoms with Crippen LogP contribution in [0.25, 0.3) is 0 Å². The Morgan fingerprint density at radius 1 is 0.902 bits per heavy atom. The van der Waals surface area contributed by atoms with Crippen LogP contribution in [0, 0.1) is 0 Å². The van der Waals surface area contributed by atoms with E-state index in [0.717, 1.165) is 16.7 Å². The van der Waals surface area contributed by atoms with Crippen LogP contribution in [-0.4, -0.2) is 30.8 Å². The maximum Gasteiger partial charge on any atom is 0.251 e. The minimum Gasteiger partial charge on any atom is -0.507 e. The summed E-state index contributed by atoms with van der Waals surface area (Å²) in [6, 6.07) is 15.2. The van der Waals surface area contributed by atoms with Gasteiger partial charge in [0.2, 0.25) is 12.7 Å². The maximum atomic E-state index is 13.5. The Morgan fingerprint density at radius 2 is 1.51 bits per heavy atom. The van der Waals surface area contributed by atoms with Gasteiger partial charge in [-0.25, -0.2) is 0 Å². The first-order chi connectivity index (χ1) is 19.3. The van der Waals surface area contributed by atoms with E-state index in [1.807, 2.05) is 12.1 Å². The van der Waals surface area contributed by atoms with Gasteiger partial charge >= 0.3 is 0 Å². The van der Waals surface area contributed by atoms with E-state index in [0.29, 0.717) is 40.7 Å². The van der Waals surface area contributed by atoms with Crippen molar-refractivity contribution in [3.8, 4) is 23.0 Å². The van der Waals surface area contributed by atoms with Crippen LogP contribution in [0.3, 0.4) is 0 Å². The molecule has 2 amide bonds. The molecule has 0 saturated heterocycles. The van der Waals surface area contributed by atoms with Gasteiger partial charge in [0.15, 0.2) is 11.5 Å². The molecule has 0 aromatic heterocycles. The van der Waals surface area contributed by atoms with Gasteiger partial charge in [0.05, 0.1) is 7.11 Å². The lowest BCUT2D eigenvalue weighted by atomic mass is 9.78. The molecule has 218 valence electrons. The van der Waals surface area contributed by atoms with Crippen molar-refractivity contribution in [3.63, 3.8) is 0 Å². The summed E-state index contributed by atoms with van der Waals surface area (Å²) >= 11 is 0. The summed E-state index contributed by atoms with van der Waals surface area (Å²) in [4.78, 5) is 26.7. The third kappa shape index (κ3) is 7.12. The second kappa shape index (κ2) is 11.7. The largest absolute Gasteiger partial charge is 0.507 e. The Hall–Kier alpha value is -4.20. The third-order valence-electron chi connectivity index (χ3n) is 7.08. The number of aromatic hydroxyl groups is 1. The maximum absolute atomic E-state index is 13.5. The van der Waals surface area contributed by atoms with Crippen molar-refractivity contribution in [3.05, 3.63) is 76.9 Å². The van der Waals surface area contributed by atoms with Crippen LogP contribution in [0.15, 0.2) is 54.6 Å². The minimum atomic E-state index is -0.936. The predicted molar refractivity (Wildman–Crippen MR) is 159 cm³/mol. The van der Waals surface area contributed by atoms with Gasteiger partial charge in [-0.1, -0.05) is 65.8 Å². The van der Waals surface area contributed by atoms with E-state index in [1.165, 1.54) is 0 Å². The standard InChI is InChI=1S/C33H40N2O6/c1-32(2,3)24-16-20(17-25(30(24)37)33(4,5)6)8-15-28(36)35-29(21-9-12-23(39-7)13-10-21)31(38)34-22-11-14-26-27(18-22)41-19-40-26/h9-14,16-18,29,37H,8,15,19H2,1-7H3,(H,34,38)(H,35,36). The number of rotatable bonds is 8. The van der Waals surface area contributed by atoms with E-state index in [1.54, 1.807) is 49.6 Å². The van der Waals surface area contributed by atoms with Crippen LogP contribution in [0.4, 0.5) is 5.69 Å². The number of benzene rings is 3. The lowest BCUT2D eigenvalue weighted by Crippen LogP contribution is -2.37. The number of anilines is 1. The highest BCUT2D eigenvalue weighted by Crippen LogP contribution is 2.40. The number of carbonyl (C=O) groups excluding carboxylic acids is 2. The first-order valence-corrected chi connectivity index (χ1v) is 13.8. The molecule has 1 unspecified atom stereocenters. The zero-order chi connectivity index (χ0) is 29.9. The molecule has 1 aliphatic rings. The number of amides is 2. The van der Waals surface area contributed by atoms with E-state index in [4.69, 9.17) is 14.2 Å². The molecule has 0 aliphatic carbocycles. The normalized spacial score (nSPS) is 13.4. The molecule has 3 aromatic rings. The molecule has 41 heavy (non-hydrogen) atoms. The SMILES string of the molecule is COc1ccc(C(NC(=O)CCc2cc(C(C)(C)C)c(O)c(C(C)(C)C)c2)C(=O)Nc2ccc3c(c2)OCO3)cc1. The van der Waals surface area contributed by atoms with Crippen molar-refractivity contribution in [2.45, 2.75) is 71.3 Å². The molecule has 3 N–H and O–H groups in total. The van der Waals surface area contributed by atoms with Crippen molar-refractivity contribution in [2.75, 3.05) is 19.2 Å². The summed E-state index contributed by atoms with van der Waals surface area (Å²) in [7, 11) is 1.57. The fourth-order valence-electron chi connectivity index (χ4n) is 4.76. The van der Waals surface area contributed by atoms with E-state index in [-0.39, 0.29) is 30.0 Å². The zero-order valence-electron chi connectivity index (χ0n) is 24.9. The average Bonchev–Trinajstić information content (AvgIpc) is 3.38. The second-order valence-corrected chi connectivity index (χ2v) is 12.4. The number of carbonyl (C=O) groups is 2. The summed E-state index contributed by atoms with van der Waals surface area (Å²) in [5.74, 6) is 1.45. The fraction of sp³-hybridized carbons (Fsp3) is 0.394. The zero-order valence-corrected chi connectivity index (χ0v) is 24.9. The molecule has 4 rings (SSSR count). The number of nitrogens with one attached hydrogen (secondary N) is 2. The molecule has 8 nitrogen and oxygen atoms in total. The Morgan fingerprint density at radius 3 is 2.10 bits per heavy atom. The fourth-order valence-corrected chi connectivity index (χ4v) is 4.76. The number of aryl methyl sites for hydroxylation is 1. The molecule has 0 fully saturated rings. The number of fused-ring (bicyclic) bond motifs is 1. The van der Waals surface area contributed by atoms with E-state index in [2.05, 4.69) is 52.2 Å². The number of hydrogen-bond donors (Lipinski definition) is 3. The third-order valence-corrected chi connectivity index (χ3v) is 7.08. The van der Waals surface area contributed by atoms with Crippen molar-refractivity contribution < 1.29 is 28.9 Å². The van der Waals surface area contributed by atoms with Gasteiger partial charge in [0.1, 0.15) is 17.5 Å². The molecule has 0 radical (unpaired) electrons. The molecular weight excluding hydrogens is 520 g/mol. The molecule has 0 saturated carbocycles. The van der Waals surface area contributed by atoms with Gasteiger partial charge in [-0.05, 0) is 63.8 Å². The molecule has 3 aromatic carbocycles. The predicted octanol–water partition coefficient (Wildman–Crippen LogP) is 6.15. The lowest BCUT2D eigenvalue weighted by molar-refractivity contribution is -0.126. The number of phenols is 1. The first-order valence-electron chi connectivity index (χ1n) is 13.8. The lowest BCUT2D eigenvalue weighted by Gasteiger charge is -2.28. The Kier molecular flexibility index (Phi) is 8.52. The molecule has 0 spiro atoms. The van der Waals surface area contributed by atoms with Gasteiger partial charge in [-0.2, -0.15) is 0 Å². The monoisotopic (exact) mass is 560 g/mol. The molecule has 8 heteroatoms. The second-order valence-electron chi connectivity index (χ2n) is 12.4. The summed E-state index contributed by atoms with van der Waals surface area (Å²) < 4.78 is 16.0. The molecule has 0 bridgehead atoms. The Labute approximate surface area is 242 Å². The number of hydrogen-bond acceptors (Lipinski definition) is 6. The molecule has 1 atom stereocenters. The molecule has 1 heterocycles. The van der Waals surface area contributed by atoms with Gasteiger partial charge in [-0.15, -0.1) is 0 Å². The van der Waals surface area contributed by atoms with Gasteiger partial charge < -0.3 is 30.0 Å². The molecule has 1 aliphatic heterocycles. The van der Waals surface area contributed by atoms with Crippen molar-refractivity contribution >= 4 is 17.5 Å². The van der Waals surface area contributed by atoms with Crippen molar-refractivity contribution in [1.29, 1.82) is 0 Å². The smallest absolute Gasteiger partial charge is 0.251 e. The highest BCUT2D eigenvalue weighted by Gasteiger charge is 2.28. The number of phenolic OH excluding ortho intramolecular Hbond substituents is 1. The van der Waals surface area contributed by atoms with E-state index in [9.17, 15) is 14.7 Å². The Balaban J connectivity index is 1.54. The minimum absolute atomic E-state index is 0.132. The highest BCUT2D eigenvalue weighted by atomic mass is 16.7. The van der Waals surface area contributed by atoms with Crippen LogP contribution in [-0.2, 0) is 26.8 Å². The van der Waals surface area contributed by atoms with Crippen molar-refractivity contribution in [1.82, 2.24) is 5.32 Å². The van der Waals surface area contributed by atoms with Crippen LogP contribution in [0.1, 0.15) is 76.3 Å². The van der Waals surface area contributed by atoms with Gasteiger partial charge in [0.25, 0.3) is 5.91 Å². The van der Waals surface area contributed by atoms with Crippen LogP contribution >= 0.6 is 0 Å². The average molecular weight is 561 g/mol. The van der Waals surface area contributed by atoms with Crippen LogP contribution < -0.4 is 24.8 Å². The number of ether oxygens (including phenoxy) is 3. The van der Waals surface area contributed by atoms with Gasteiger partial charge in [0, 0.05) is 18.2 Å². The van der Waals surface area contributed by atoms with Gasteiger partial charge in [-0.3, -0.25) is 9.59 Å². The van der Waals surface area contributed by atoms with E-state index >= 15 is 0 Å². The van der Waals surface area contributed by atoms with E-state index < -0.39 is 11.9 Å². The summed E-state index contributed by atoms with van der Waals surface area (Å²) in [5, 5.41) is 16.8. The summed E-state index contributed by atoms with van der Waals surface area (Å²) in [6.45, 7) is 12.5. The first kappa shape index (κ1) is 29.8. The Bertz CT molecular complexity index is 1380.